The fourth-order valence-corrected chi connectivity index (χ4v) is 2.81. The minimum Gasteiger partial charge on any atom is -0.352 e. The molecule has 0 unspecified atom stereocenters. The van der Waals surface area contributed by atoms with E-state index in [0.29, 0.717) is 17.7 Å². The molecule has 2 N–H and O–H groups in total. The van der Waals surface area contributed by atoms with Crippen LogP contribution in [0.3, 0.4) is 0 Å². The molecule has 5 nitrogen and oxygen atoms in total. The lowest BCUT2D eigenvalue weighted by Crippen LogP contribution is -2.40. The van der Waals surface area contributed by atoms with E-state index < -0.39 is 0 Å². The number of hydrogen-bond acceptors (Lipinski definition) is 3. The highest BCUT2D eigenvalue weighted by Crippen LogP contribution is 2.08. The van der Waals surface area contributed by atoms with Gasteiger partial charge < -0.3 is 15.5 Å². The van der Waals surface area contributed by atoms with E-state index in [-0.39, 0.29) is 17.4 Å². The third kappa shape index (κ3) is 7.53. The second-order valence-electron chi connectivity index (χ2n) is 8.11. The fraction of sp³-hybridized carbons (Fsp3) is 0.391. The average molecular weight is 382 g/mol. The number of benzene rings is 2. The van der Waals surface area contributed by atoms with Gasteiger partial charge in [-0.1, -0.05) is 30.3 Å². The van der Waals surface area contributed by atoms with Crippen LogP contribution in [-0.2, 0) is 6.54 Å². The first-order valence-corrected chi connectivity index (χ1v) is 9.68. The molecule has 0 spiro atoms. The Kier molecular flexibility index (Phi) is 7.76. The van der Waals surface area contributed by atoms with Crippen molar-refractivity contribution in [3.63, 3.8) is 0 Å². The molecule has 2 amide bonds. The number of carbonyl (C=O) groups is 2. The van der Waals surface area contributed by atoms with Gasteiger partial charge in [0.25, 0.3) is 11.8 Å². The summed E-state index contributed by atoms with van der Waals surface area (Å²) in [5, 5.41) is 5.85. The van der Waals surface area contributed by atoms with Crippen LogP contribution in [0.25, 0.3) is 0 Å². The van der Waals surface area contributed by atoms with Gasteiger partial charge >= 0.3 is 0 Å². The number of amides is 2. The van der Waals surface area contributed by atoms with Crippen molar-refractivity contribution in [2.75, 3.05) is 20.1 Å². The van der Waals surface area contributed by atoms with E-state index in [9.17, 15) is 9.59 Å². The fourth-order valence-electron chi connectivity index (χ4n) is 2.81. The van der Waals surface area contributed by atoms with Crippen molar-refractivity contribution in [1.29, 1.82) is 0 Å². The summed E-state index contributed by atoms with van der Waals surface area (Å²) < 4.78 is 0. The molecule has 0 saturated carbocycles. The van der Waals surface area contributed by atoms with Crippen LogP contribution in [0.15, 0.2) is 54.6 Å². The van der Waals surface area contributed by atoms with Crippen LogP contribution in [0.5, 0.6) is 0 Å². The highest BCUT2D eigenvalue weighted by molar-refractivity contribution is 5.98. The first-order chi connectivity index (χ1) is 13.2. The third-order valence-corrected chi connectivity index (χ3v) is 4.20. The predicted molar refractivity (Wildman–Crippen MR) is 113 cm³/mol. The molecule has 2 aromatic rings. The van der Waals surface area contributed by atoms with Crippen LogP contribution < -0.4 is 10.6 Å². The van der Waals surface area contributed by atoms with E-state index in [1.807, 2.05) is 39.0 Å². The van der Waals surface area contributed by atoms with E-state index in [2.05, 4.69) is 34.7 Å². The maximum Gasteiger partial charge on any atom is 0.251 e. The predicted octanol–water partition coefficient (Wildman–Crippen LogP) is 3.47. The number of hydrogen-bond donors (Lipinski definition) is 2. The molecular weight excluding hydrogens is 350 g/mol. The maximum absolute atomic E-state index is 12.3. The van der Waals surface area contributed by atoms with Crippen LogP contribution >= 0.6 is 0 Å². The monoisotopic (exact) mass is 381 g/mol. The Labute approximate surface area is 168 Å². The zero-order chi connectivity index (χ0) is 20.6. The molecule has 0 saturated heterocycles. The quantitative estimate of drug-likeness (QED) is 0.689. The largest absolute Gasteiger partial charge is 0.352 e. The first kappa shape index (κ1) is 21.6. The first-order valence-electron chi connectivity index (χ1n) is 9.68. The molecule has 0 fully saturated rings. The SMILES string of the molecule is CN(CCCNC(=O)c1ccc(C(=O)NC(C)(C)C)cc1)Cc1ccccc1. The van der Waals surface area contributed by atoms with E-state index in [1.165, 1.54) is 5.56 Å². The van der Waals surface area contributed by atoms with E-state index >= 15 is 0 Å². The van der Waals surface area contributed by atoms with E-state index in [1.54, 1.807) is 24.3 Å². The van der Waals surface area contributed by atoms with E-state index in [4.69, 9.17) is 0 Å². The molecule has 2 rings (SSSR count). The molecule has 0 heterocycles. The molecule has 2 aromatic carbocycles. The lowest BCUT2D eigenvalue weighted by molar-refractivity contribution is 0.0915. The maximum atomic E-state index is 12.3. The Balaban J connectivity index is 1.73. The van der Waals surface area contributed by atoms with Crippen molar-refractivity contribution in [2.24, 2.45) is 0 Å². The van der Waals surface area contributed by atoms with Gasteiger partial charge in [-0.3, -0.25) is 9.59 Å². The topological polar surface area (TPSA) is 61.4 Å². The summed E-state index contributed by atoms with van der Waals surface area (Å²) in [6.07, 6.45) is 0.876. The molecule has 0 aliphatic carbocycles. The lowest BCUT2D eigenvalue weighted by atomic mass is 10.1. The van der Waals surface area contributed by atoms with Crippen molar-refractivity contribution >= 4 is 11.8 Å². The summed E-state index contributed by atoms with van der Waals surface area (Å²) in [5.74, 6) is -0.255. The van der Waals surface area contributed by atoms with Crippen molar-refractivity contribution in [2.45, 2.75) is 39.3 Å². The molecule has 0 atom stereocenters. The zero-order valence-corrected chi connectivity index (χ0v) is 17.3. The summed E-state index contributed by atoms with van der Waals surface area (Å²) in [5.41, 5.74) is 2.10. The van der Waals surface area contributed by atoms with Crippen molar-refractivity contribution < 1.29 is 9.59 Å². The second kappa shape index (κ2) is 10.0. The second-order valence-corrected chi connectivity index (χ2v) is 8.11. The van der Waals surface area contributed by atoms with Gasteiger partial charge in [-0.25, -0.2) is 0 Å². The molecule has 0 aliphatic rings. The van der Waals surface area contributed by atoms with Gasteiger partial charge in [-0.05, 0) is 70.6 Å². The summed E-state index contributed by atoms with van der Waals surface area (Å²) >= 11 is 0. The molecule has 0 bridgehead atoms. The third-order valence-electron chi connectivity index (χ3n) is 4.20. The molecule has 0 aromatic heterocycles. The summed E-state index contributed by atoms with van der Waals surface area (Å²) in [7, 11) is 2.08. The minimum absolute atomic E-state index is 0.117. The van der Waals surface area contributed by atoms with Crippen LogP contribution in [-0.4, -0.2) is 42.4 Å². The zero-order valence-electron chi connectivity index (χ0n) is 17.3. The Morgan fingerprint density at radius 3 is 2.04 bits per heavy atom. The molecule has 0 aliphatic heterocycles. The van der Waals surface area contributed by atoms with Gasteiger partial charge in [0.05, 0.1) is 0 Å². The van der Waals surface area contributed by atoms with Crippen LogP contribution in [0.4, 0.5) is 0 Å². The van der Waals surface area contributed by atoms with Crippen LogP contribution in [0, 0.1) is 0 Å². The number of nitrogens with zero attached hydrogens (tertiary/aromatic N) is 1. The number of nitrogens with one attached hydrogen (secondary N) is 2. The Hall–Kier alpha value is -2.66. The molecular formula is C23H31N3O2. The van der Waals surface area contributed by atoms with Gasteiger partial charge in [0.1, 0.15) is 0 Å². The van der Waals surface area contributed by atoms with Gasteiger partial charge in [-0.2, -0.15) is 0 Å². The Morgan fingerprint density at radius 1 is 0.893 bits per heavy atom. The van der Waals surface area contributed by atoms with Crippen LogP contribution in [0.1, 0.15) is 53.5 Å². The lowest BCUT2D eigenvalue weighted by Gasteiger charge is -2.20. The van der Waals surface area contributed by atoms with Gasteiger partial charge in [0.2, 0.25) is 0 Å². The molecule has 5 heteroatoms. The van der Waals surface area contributed by atoms with Gasteiger partial charge in [0.15, 0.2) is 0 Å². The van der Waals surface area contributed by atoms with Crippen molar-refractivity contribution in [3.05, 3.63) is 71.3 Å². The highest BCUT2D eigenvalue weighted by Gasteiger charge is 2.15. The van der Waals surface area contributed by atoms with Crippen molar-refractivity contribution in [3.8, 4) is 0 Å². The Bertz CT molecular complexity index is 765. The normalized spacial score (nSPS) is 11.3. The highest BCUT2D eigenvalue weighted by atomic mass is 16.2. The standard InChI is InChI=1S/C23H31N3O2/c1-23(2,3)25-22(28)20-13-11-19(12-14-20)21(27)24-15-8-16-26(4)17-18-9-6-5-7-10-18/h5-7,9-14H,8,15-17H2,1-4H3,(H,24,27)(H,25,28). The van der Waals surface area contributed by atoms with E-state index in [0.717, 1.165) is 19.5 Å². The van der Waals surface area contributed by atoms with Gasteiger partial charge in [0, 0.05) is 29.8 Å². The minimum atomic E-state index is -0.291. The van der Waals surface area contributed by atoms with Crippen molar-refractivity contribution in [1.82, 2.24) is 15.5 Å². The average Bonchev–Trinajstić information content (AvgIpc) is 2.64. The molecule has 28 heavy (non-hydrogen) atoms. The Morgan fingerprint density at radius 2 is 1.46 bits per heavy atom. The number of rotatable bonds is 8. The van der Waals surface area contributed by atoms with Crippen LogP contribution in [0.2, 0.25) is 0 Å². The molecule has 150 valence electrons. The smallest absolute Gasteiger partial charge is 0.251 e. The summed E-state index contributed by atoms with van der Waals surface area (Å²) in [4.78, 5) is 26.6. The summed E-state index contributed by atoms with van der Waals surface area (Å²) in [6, 6.07) is 17.1. The van der Waals surface area contributed by atoms with Gasteiger partial charge in [-0.15, -0.1) is 0 Å². The summed E-state index contributed by atoms with van der Waals surface area (Å²) in [6.45, 7) is 8.22. The number of carbonyl (C=O) groups excluding carboxylic acids is 2. The molecule has 0 radical (unpaired) electrons.